The highest BCUT2D eigenvalue weighted by atomic mass is 16.5. The fourth-order valence-electron chi connectivity index (χ4n) is 2.00. The predicted octanol–water partition coefficient (Wildman–Crippen LogP) is 0.433. The van der Waals surface area contributed by atoms with Gasteiger partial charge in [0.05, 0.1) is 31.7 Å². The maximum atomic E-state index is 11.9. The number of hydrogen-bond acceptors (Lipinski definition) is 4. The van der Waals surface area contributed by atoms with E-state index in [1.54, 1.807) is 7.11 Å². The zero-order valence-electron chi connectivity index (χ0n) is 11.1. The molecule has 2 N–H and O–H groups in total. The first-order chi connectivity index (χ1) is 9.16. The van der Waals surface area contributed by atoms with E-state index in [1.807, 2.05) is 12.2 Å². The van der Waals surface area contributed by atoms with Gasteiger partial charge in [-0.3, -0.25) is 9.59 Å². The summed E-state index contributed by atoms with van der Waals surface area (Å²) < 4.78 is 10.0. The molecule has 2 atom stereocenters. The van der Waals surface area contributed by atoms with E-state index < -0.39 is 17.8 Å². The van der Waals surface area contributed by atoms with Crippen molar-refractivity contribution in [2.45, 2.75) is 12.8 Å². The molecule has 0 saturated heterocycles. The predicted molar refractivity (Wildman–Crippen MR) is 68.7 cm³/mol. The van der Waals surface area contributed by atoms with Gasteiger partial charge in [0.25, 0.3) is 0 Å². The SMILES string of the molecule is COCCOCCNC(=O)C1CC=CCC1C(=O)O. The molecule has 1 aliphatic rings. The Morgan fingerprint density at radius 3 is 2.53 bits per heavy atom. The monoisotopic (exact) mass is 271 g/mol. The maximum absolute atomic E-state index is 11.9. The van der Waals surface area contributed by atoms with Crippen molar-refractivity contribution >= 4 is 11.9 Å². The summed E-state index contributed by atoms with van der Waals surface area (Å²) in [5, 5.41) is 11.8. The number of amides is 1. The van der Waals surface area contributed by atoms with Gasteiger partial charge >= 0.3 is 5.97 Å². The molecule has 0 aliphatic heterocycles. The number of hydrogen-bond donors (Lipinski definition) is 2. The van der Waals surface area contributed by atoms with Gasteiger partial charge in [-0.15, -0.1) is 0 Å². The summed E-state index contributed by atoms with van der Waals surface area (Å²) in [4.78, 5) is 23.0. The van der Waals surface area contributed by atoms with E-state index in [0.29, 0.717) is 39.2 Å². The van der Waals surface area contributed by atoms with Crippen molar-refractivity contribution < 1.29 is 24.2 Å². The minimum Gasteiger partial charge on any atom is -0.481 e. The lowest BCUT2D eigenvalue weighted by Crippen LogP contribution is -2.40. The van der Waals surface area contributed by atoms with Crippen LogP contribution in [0.5, 0.6) is 0 Å². The molecular formula is C13H21NO5. The van der Waals surface area contributed by atoms with Gasteiger partial charge in [0, 0.05) is 13.7 Å². The molecule has 0 radical (unpaired) electrons. The van der Waals surface area contributed by atoms with Crippen molar-refractivity contribution in [1.82, 2.24) is 5.32 Å². The number of aliphatic carboxylic acids is 1. The molecule has 0 saturated carbocycles. The number of rotatable bonds is 8. The molecule has 1 amide bonds. The highest BCUT2D eigenvalue weighted by Crippen LogP contribution is 2.25. The molecule has 108 valence electrons. The molecular weight excluding hydrogens is 250 g/mol. The fourth-order valence-corrected chi connectivity index (χ4v) is 2.00. The molecule has 0 aromatic rings. The molecule has 0 fully saturated rings. The standard InChI is InChI=1S/C13H21NO5/c1-18-8-9-19-7-6-14-12(15)10-4-2-3-5-11(10)13(16)17/h2-3,10-11H,4-9H2,1H3,(H,14,15)(H,16,17). The Kier molecular flexibility index (Phi) is 7.14. The summed E-state index contributed by atoms with van der Waals surface area (Å²) in [6.07, 6.45) is 4.57. The fraction of sp³-hybridized carbons (Fsp3) is 0.692. The quantitative estimate of drug-likeness (QED) is 0.494. The second-order valence-electron chi connectivity index (χ2n) is 4.39. The first kappa shape index (κ1) is 15.7. The van der Waals surface area contributed by atoms with E-state index in [2.05, 4.69) is 5.32 Å². The van der Waals surface area contributed by atoms with Crippen LogP contribution in [0.25, 0.3) is 0 Å². The second-order valence-corrected chi connectivity index (χ2v) is 4.39. The summed E-state index contributed by atoms with van der Waals surface area (Å²) >= 11 is 0. The highest BCUT2D eigenvalue weighted by molar-refractivity contribution is 5.85. The summed E-state index contributed by atoms with van der Waals surface area (Å²) in [6.45, 7) is 1.78. The second kappa shape index (κ2) is 8.66. The summed E-state index contributed by atoms with van der Waals surface area (Å²) in [7, 11) is 1.59. The van der Waals surface area contributed by atoms with E-state index in [4.69, 9.17) is 14.6 Å². The Balaban J connectivity index is 2.27. The first-order valence-corrected chi connectivity index (χ1v) is 6.39. The first-order valence-electron chi connectivity index (χ1n) is 6.39. The van der Waals surface area contributed by atoms with Gasteiger partial charge in [-0.2, -0.15) is 0 Å². The Morgan fingerprint density at radius 1 is 1.21 bits per heavy atom. The number of carboxylic acid groups (broad SMARTS) is 1. The van der Waals surface area contributed by atoms with Crippen LogP contribution >= 0.6 is 0 Å². The zero-order chi connectivity index (χ0) is 14.1. The topological polar surface area (TPSA) is 84.9 Å². The summed E-state index contributed by atoms with van der Waals surface area (Å²) in [5.41, 5.74) is 0. The van der Waals surface area contributed by atoms with Crippen molar-refractivity contribution in [3.8, 4) is 0 Å². The van der Waals surface area contributed by atoms with Gasteiger partial charge in [0.15, 0.2) is 0 Å². The van der Waals surface area contributed by atoms with E-state index in [9.17, 15) is 9.59 Å². The van der Waals surface area contributed by atoms with Crippen LogP contribution < -0.4 is 5.32 Å². The average molecular weight is 271 g/mol. The van der Waals surface area contributed by atoms with Crippen LogP contribution in [0.3, 0.4) is 0 Å². The van der Waals surface area contributed by atoms with E-state index >= 15 is 0 Å². The number of ether oxygens (including phenoxy) is 2. The normalized spacial score (nSPS) is 22.2. The maximum Gasteiger partial charge on any atom is 0.307 e. The van der Waals surface area contributed by atoms with Gasteiger partial charge < -0.3 is 19.9 Å². The number of carbonyl (C=O) groups excluding carboxylic acids is 1. The largest absolute Gasteiger partial charge is 0.481 e. The van der Waals surface area contributed by atoms with Crippen molar-refractivity contribution in [2.75, 3.05) is 33.5 Å². The summed E-state index contributed by atoms with van der Waals surface area (Å²) in [6, 6.07) is 0. The Hall–Kier alpha value is -1.40. The number of nitrogens with one attached hydrogen (secondary N) is 1. The van der Waals surface area contributed by atoms with E-state index in [0.717, 1.165) is 0 Å². The Labute approximate surface area is 112 Å². The molecule has 0 heterocycles. The molecule has 2 unspecified atom stereocenters. The van der Waals surface area contributed by atoms with Crippen molar-refractivity contribution in [1.29, 1.82) is 0 Å². The zero-order valence-corrected chi connectivity index (χ0v) is 11.1. The van der Waals surface area contributed by atoms with Gasteiger partial charge in [-0.25, -0.2) is 0 Å². The van der Waals surface area contributed by atoms with Crippen molar-refractivity contribution in [2.24, 2.45) is 11.8 Å². The third-order valence-electron chi connectivity index (χ3n) is 3.06. The van der Waals surface area contributed by atoms with Crippen LogP contribution in [0.15, 0.2) is 12.2 Å². The molecule has 6 heteroatoms. The van der Waals surface area contributed by atoms with E-state index in [1.165, 1.54) is 0 Å². The molecule has 0 bridgehead atoms. The minimum absolute atomic E-state index is 0.216. The number of methoxy groups -OCH3 is 1. The molecule has 0 aromatic carbocycles. The van der Waals surface area contributed by atoms with Crippen molar-refractivity contribution in [3.05, 3.63) is 12.2 Å². The molecule has 0 spiro atoms. The summed E-state index contributed by atoms with van der Waals surface area (Å²) in [5.74, 6) is -2.24. The molecule has 19 heavy (non-hydrogen) atoms. The van der Waals surface area contributed by atoms with Crippen LogP contribution in [0.4, 0.5) is 0 Å². The van der Waals surface area contributed by atoms with Gasteiger partial charge in [0.1, 0.15) is 0 Å². The smallest absolute Gasteiger partial charge is 0.307 e. The lowest BCUT2D eigenvalue weighted by Gasteiger charge is -2.24. The Morgan fingerprint density at radius 2 is 1.89 bits per heavy atom. The minimum atomic E-state index is -0.916. The highest BCUT2D eigenvalue weighted by Gasteiger charge is 2.33. The van der Waals surface area contributed by atoms with Crippen LogP contribution in [0, 0.1) is 11.8 Å². The van der Waals surface area contributed by atoms with Crippen molar-refractivity contribution in [3.63, 3.8) is 0 Å². The Bertz CT molecular complexity index is 329. The average Bonchev–Trinajstić information content (AvgIpc) is 2.42. The van der Waals surface area contributed by atoms with Crippen LogP contribution in [0.2, 0.25) is 0 Å². The lowest BCUT2D eigenvalue weighted by atomic mass is 9.82. The van der Waals surface area contributed by atoms with E-state index in [-0.39, 0.29) is 5.91 Å². The van der Waals surface area contributed by atoms with Gasteiger partial charge in [-0.1, -0.05) is 12.2 Å². The third-order valence-corrected chi connectivity index (χ3v) is 3.06. The number of allylic oxidation sites excluding steroid dienone is 2. The van der Waals surface area contributed by atoms with Crippen LogP contribution in [-0.2, 0) is 19.1 Å². The van der Waals surface area contributed by atoms with Gasteiger partial charge in [0.2, 0.25) is 5.91 Å². The van der Waals surface area contributed by atoms with Crippen LogP contribution in [-0.4, -0.2) is 50.5 Å². The lowest BCUT2D eigenvalue weighted by molar-refractivity contribution is -0.147. The number of carboxylic acids is 1. The molecule has 0 aromatic heterocycles. The molecule has 1 rings (SSSR count). The third kappa shape index (κ3) is 5.40. The molecule has 6 nitrogen and oxygen atoms in total. The van der Waals surface area contributed by atoms with Crippen LogP contribution in [0.1, 0.15) is 12.8 Å². The molecule has 1 aliphatic carbocycles. The number of carbonyl (C=O) groups is 2. The van der Waals surface area contributed by atoms with Gasteiger partial charge in [-0.05, 0) is 12.8 Å².